The van der Waals surface area contributed by atoms with Gasteiger partial charge in [-0.15, -0.1) is 0 Å². The van der Waals surface area contributed by atoms with E-state index in [9.17, 15) is 4.79 Å². The Morgan fingerprint density at radius 2 is 1.88 bits per heavy atom. The average molecular weight is 369 g/mol. The van der Waals surface area contributed by atoms with Gasteiger partial charge in [-0.25, -0.2) is 4.79 Å². The fourth-order valence-corrected chi connectivity index (χ4v) is 2.84. The van der Waals surface area contributed by atoms with Crippen LogP contribution < -0.4 is 10.5 Å². The van der Waals surface area contributed by atoms with Crippen LogP contribution in [0.5, 0.6) is 5.75 Å². The summed E-state index contributed by atoms with van der Waals surface area (Å²) in [5.74, 6) is -0.150. The minimum atomic E-state index is -0.690. The number of carbonyl (C=O) groups excluding carboxylic acids is 1. The first kappa shape index (κ1) is 17.8. The van der Waals surface area contributed by atoms with E-state index in [-0.39, 0.29) is 11.4 Å². The molecule has 3 rings (SSSR count). The largest absolute Gasteiger partial charge is 0.496 e. The van der Waals surface area contributed by atoms with E-state index in [1.54, 1.807) is 12.1 Å². The highest BCUT2D eigenvalue weighted by Crippen LogP contribution is 2.23. The van der Waals surface area contributed by atoms with E-state index in [0.717, 1.165) is 16.3 Å². The van der Waals surface area contributed by atoms with Gasteiger partial charge in [-0.2, -0.15) is 0 Å². The van der Waals surface area contributed by atoms with E-state index in [4.69, 9.17) is 26.9 Å². The van der Waals surface area contributed by atoms with Crippen molar-refractivity contribution in [2.75, 3.05) is 7.11 Å². The van der Waals surface area contributed by atoms with Gasteiger partial charge in [-0.1, -0.05) is 59.2 Å². The molecule has 0 amide bonds. The third-order valence-corrected chi connectivity index (χ3v) is 4.11. The second-order valence-corrected chi connectivity index (χ2v) is 6.06. The molecule has 0 aliphatic heterocycles. The topological polar surface area (TPSA) is 73.9 Å². The molecule has 0 spiro atoms. The van der Waals surface area contributed by atoms with E-state index in [1.165, 1.54) is 13.2 Å². The Balaban J connectivity index is 1.76. The molecule has 3 aromatic rings. The van der Waals surface area contributed by atoms with Crippen LogP contribution in [0.1, 0.15) is 15.9 Å². The number of amidine groups is 1. The van der Waals surface area contributed by atoms with Gasteiger partial charge in [-0.05, 0) is 34.5 Å². The summed E-state index contributed by atoms with van der Waals surface area (Å²) < 4.78 is 5.13. The van der Waals surface area contributed by atoms with Crippen molar-refractivity contribution in [1.29, 1.82) is 0 Å². The Morgan fingerprint density at radius 1 is 1.12 bits per heavy atom. The van der Waals surface area contributed by atoms with Crippen LogP contribution in [0.25, 0.3) is 10.8 Å². The molecular formula is C20H17ClN2O3. The minimum absolute atomic E-state index is 0.182. The monoisotopic (exact) mass is 368 g/mol. The average Bonchev–Trinajstić information content (AvgIpc) is 2.66. The van der Waals surface area contributed by atoms with Crippen molar-refractivity contribution in [3.63, 3.8) is 0 Å². The molecular weight excluding hydrogens is 352 g/mol. The quantitative estimate of drug-likeness (QED) is 0.317. The maximum Gasteiger partial charge on any atom is 0.369 e. The molecule has 0 unspecified atom stereocenters. The standard InChI is InChI=1S/C20H17ClN2O3/c1-25-18-10-9-15(21)12-17(18)20(24)26-23-19(22)11-14-7-4-6-13-5-2-3-8-16(13)14/h2-10,12H,11H2,1H3,(H2,22,23). The molecule has 0 radical (unpaired) electrons. The Labute approximate surface area is 156 Å². The number of ether oxygens (including phenoxy) is 1. The first-order chi connectivity index (χ1) is 12.6. The second-order valence-electron chi connectivity index (χ2n) is 5.62. The molecule has 132 valence electrons. The molecule has 5 nitrogen and oxygen atoms in total. The number of carbonyl (C=O) groups is 1. The number of benzene rings is 3. The van der Waals surface area contributed by atoms with Crippen molar-refractivity contribution in [2.24, 2.45) is 10.9 Å². The Hall–Kier alpha value is -3.05. The number of nitrogens with two attached hydrogens (primary N) is 1. The normalized spacial score (nSPS) is 11.4. The summed E-state index contributed by atoms with van der Waals surface area (Å²) in [6.45, 7) is 0. The predicted molar refractivity (Wildman–Crippen MR) is 103 cm³/mol. The molecule has 0 aromatic heterocycles. The van der Waals surface area contributed by atoms with Crippen LogP contribution in [0.4, 0.5) is 0 Å². The summed E-state index contributed by atoms with van der Waals surface area (Å²) in [5.41, 5.74) is 7.12. The van der Waals surface area contributed by atoms with Gasteiger partial charge >= 0.3 is 5.97 Å². The zero-order valence-electron chi connectivity index (χ0n) is 14.1. The summed E-state index contributed by atoms with van der Waals surface area (Å²) in [7, 11) is 1.46. The minimum Gasteiger partial charge on any atom is -0.496 e. The Bertz CT molecular complexity index is 980. The number of methoxy groups -OCH3 is 1. The van der Waals surface area contributed by atoms with E-state index < -0.39 is 5.97 Å². The van der Waals surface area contributed by atoms with Crippen molar-refractivity contribution >= 4 is 34.2 Å². The van der Waals surface area contributed by atoms with Crippen molar-refractivity contribution in [2.45, 2.75) is 6.42 Å². The van der Waals surface area contributed by atoms with Gasteiger partial charge in [0, 0.05) is 11.4 Å². The zero-order valence-corrected chi connectivity index (χ0v) is 14.9. The van der Waals surface area contributed by atoms with Gasteiger partial charge in [0.05, 0.1) is 7.11 Å². The lowest BCUT2D eigenvalue weighted by Gasteiger charge is -2.07. The molecule has 0 bridgehead atoms. The molecule has 3 aromatic carbocycles. The van der Waals surface area contributed by atoms with Crippen LogP contribution in [0.15, 0.2) is 65.8 Å². The summed E-state index contributed by atoms with van der Waals surface area (Å²) in [4.78, 5) is 17.2. The highest BCUT2D eigenvalue weighted by Gasteiger charge is 2.15. The fourth-order valence-electron chi connectivity index (χ4n) is 2.66. The van der Waals surface area contributed by atoms with E-state index >= 15 is 0 Å². The van der Waals surface area contributed by atoms with Crippen molar-refractivity contribution in [3.05, 3.63) is 76.8 Å². The van der Waals surface area contributed by atoms with E-state index in [1.807, 2.05) is 42.5 Å². The number of hydrogen-bond acceptors (Lipinski definition) is 4. The number of rotatable bonds is 5. The number of halogens is 1. The molecule has 0 fully saturated rings. The molecule has 6 heteroatoms. The molecule has 0 aliphatic carbocycles. The lowest BCUT2D eigenvalue weighted by Crippen LogP contribution is -2.17. The lowest BCUT2D eigenvalue weighted by molar-refractivity contribution is 0.0511. The molecule has 0 heterocycles. The van der Waals surface area contributed by atoms with Gasteiger partial charge in [-0.3, -0.25) is 0 Å². The summed E-state index contributed by atoms with van der Waals surface area (Å²) >= 11 is 5.92. The smallest absolute Gasteiger partial charge is 0.369 e. The van der Waals surface area contributed by atoms with Crippen molar-refractivity contribution in [3.8, 4) is 5.75 Å². The number of oxime groups is 1. The zero-order chi connectivity index (χ0) is 18.5. The second kappa shape index (κ2) is 7.89. The first-order valence-electron chi connectivity index (χ1n) is 7.92. The van der Waals surface area contributed by atoms with Gasteiger partial charge in [0.15, 0.2) is 0 Å². The van der Waals surface area contributed by atoms with E-state index in [0.29, 0.717) is 17.2 Å². The van der Waals surface area contributed by atoms with Gasteiger partial charge in [0.25, 0.3) is 0 Å². The molecule has 26 heavy (non-hydrogen) atoms. The number of hydrogen-bond donors (Lipinski definition) is 1. The van der Waals surface area contributed by atoms with Crippen LogP contribution >= 0.6 is 11.6 Å². The third kappa shape index (κ3) is 3.95. The fraction of sp³-hybridized carbons (Fsp3) is 0.100. The summed E-state index contributed by atoms with van der Waals surface area (Å²) in [6.07, 6.45) is 0.362. The number of nitrogens with zero attached hydrogens (tertiary/aromatic N) is 1. The SMILES string of the molecule is COc1ccc(Cl)cc1C(=O)O/N=C(\N)Cc1cccc2ccccc12. The molecule has 0 atom stereocenters. The molecule has 0 saturated heterocycles. The summed E-state index contributed by atoms with van der Waals surface area (Å²) in [5, 5.41) is 6.34. The van der Waals surface area contributed by atoms with Gasteiger partial charge in [0.1, 0.15) is 17.1 Å². The molecule has 0 aliphatic rings. The third-order valence-electron chi connectivity index (χ3n) is 3.88. The Kier molecular flexibility index (Phi) is 5.39. The first-order valence-corrected chi connectivity index (χ1v) is 8.30. The van der Waals surface area contributed by atoms with Crippen LogP contribution in [0.3, 0.4) is 0 Å². The molecule has 2 N–H and O–H groups in total. The maximum atomic E-state index is 12.2. The van der Waals surface area contributed by atoms with Crippen molar-refractivity contribution < 1.29 is 14.4 Å². The highest BCUT2D eigenvalue weighted by molar-refractivity contribution is 6.31. The Morgan fingerprint density at radius 3 is 2.69 bits per heavy atom. The van der Waals surface area contributed by atoms with Crippen LogP contribution in [-0.4, -0.2) is 18.9 Å². The number of fused-ring (bicyclic) bond motifs is 1. The molecule has 0 saturated carbocycles. The van der Waals surface area contributed by atoms with Gasteiger partial charge < -0.3 is 15.3 Å². The van der Waals surface area contributed by atoms with Gasteiger partial charge in [0.2, 0.25) is 0 Å². The van der Waals surface area contributed by atoms with Crippen LogP contribution in [0.2, 0.25) is 5.02 Å². The van der Waals surface area contributed by atoms with Crippen LogP contribution in [-0.2, 0) is 11.3 Å². The lowest BCUT2D eigenvalue weighted by atomic mass is 10.0. The highest BCUT2D eigenvalue weighted by atomic mass is 35.5. The van der Waals surface area contributed by atoms with E-state index in [2.05, 4.69) is 5.16 Å². The van der Waals surface area contributed by atoms with Crippen LogP contribution in [0, 0.1) is 0 Å². The van der Waals surface area contributed by atoms with Crippen molar-refractivity contribution in [1.82, 2.24) is 0 Å². The summed E-state index contributed by atoms with van der Waals surface area (Å²) in [6, 6.07) is 18.6. The maximum absolute atomic E-state index is 12.2. The predicted octanol–water partition coefficient (Wildman–Crippen LogP) is 4.17.